The summed E-state index contributed by atoms with van der Waals surface area (Å²) in [5.74, 6) is 1.93. The van der Waals surface area contributed by atoms with Gasteiger partial charge in [-0.1, -0.05) is 11.6 Å². The van der Waals surface area contributed by atoms with Gasteiger partial charge in [-0.3, -0.25) is 0 Å². The highest BCUT2D eigenvalue weighted by Crippen LogP contribution is 2.28. The SMILES string of the molecule is COc1ccc(Nc2nc(C)cc(NCC3CCCO3)n2)cc1Cl. The van der Waals surface area contributed by atoms with Crippen LogP contribution in [0.2, 0.25) is 5.02 Å². The fourth-order valence-corrected chi connectivity index (χ4v) is 2.87. The lowest BCUT2D eigenvalue weighted by Crippen LogP contribution is -2.19. The molecule has 1 fully saturated rings. The molecule has 0 aliphatic carbocycles. The Hall–Kier alpha value is -2.05. The van der Waals surface area contributed by atoms with E-state index in [1.807, 2.05) is 19.1 Å². The monoisotopic (exact) mass is 348 g/mol. The maximum atomic E-state index is 6.15. The Morgan fingerprint density at radius 1 is 1.33 bits per heavy atom. The number of ether oxygens (including phenoxy) is 2. The Kier molecular flexibility index (Phi) is 5.37. The summed E-state index contributed by atoms with van der Waals surface area (Å²) in [5, 5.41) is 7.03. The second-order valence-corrected chi connectivity index (χ2v) is 6.12. The molecule has 1 aromatic heterocycles. The molecular weight excluding hydrogens is 328 g/mol. The summed E-state index contributed by atoms with van der Waals surface area (Å²) < 4.78 is 10.8. The first-order valence-electron chi connectivity index (χ1n) is 7.96. The standard InChI is InChI=1S/C17H21ClN4O2/c1-11-8-16(19-10-13-4-3-7-24-13)22-17(20-11)21-12-5-6-15(23-2)14(18)9-12/h5-6,8-9,13H,3-4,7,10H2,1-2H3,(H2,19,20,21,22). The van der Waals surface area contributed by atoms with E-state index in [-0.39, 0.29) is 6.10 Å². The van der Waals surface area contributed by atoms with Gasteiger partial charge in [0.2, 0.25) is 5.95 Å². The maximum absolute atomic E-state index is 6.15. The molecule has 0 radical (unpaired) electrons. The summed E-state index contributed by atoms with van der Waals surface area (Å²) in [4.78, 5) is 8.91. The normalized spacial score (nSPS) is 16.9. The summed E-state index contributed by atoms with van der Waals surface area (Å²) in [5.41, 5.74) is 1.68. The molecule has 1 aliphatic rings. The predicted molar refractivity (Wildman–Crippen MR) is 95.5 cm³/mol. The van der Waals surface area contributed by atoms with Gasteiger partial charge < -0.3 is 20.1 Å². The number of nitrogens with one attached hydrogen (secondary N) is 2. The smallest absolute Gasteiger partial charge is 0.229 e. The number of halogens is 1. The Bertz CT molecular complexity index is 705. The topological polar surface area (TPSA) is 68.3 Å². The van der Waals surface area contributed by atoms with E-state index < -0.39 is 0 Å². The van der Waals surface area contributed by atoms with E-state index >= 15 is 0 Å². The van der Waals surface area contributed by atoms with Crippen LogP contribution in [-0.4, -0.2) is 36.3 Å². The van der Waals surface area contributed by atoms with Crippen molar-refractivity contribution in [1.29, 1.82) is 0 Å². The zero-order valence-electron chi connectivity index (χ0n) is 13.8. The zero-order chi connectivity index (χ0) is 16.9. The van der Waals surface area contributed by atoms with Crippen molar-refractivity contribution in [2.24, 2.45) is 0 Å². The minimum Gasteiger partial charge on any atom is -0.495 e. The van der Waals surface area contributed by atoms with E-state index in [9.17, 15) is 0 Å². The van der Waals surface area contributed by atoms with Crippen molar-refractivity contribution >= 4 is 29.1 Å². The first-order valence-corrected chi connectivity index (χ1v) is 8.33. The third kappa shape index (κ3) is 4.27. The van der Waals surface area contributed by atoms with E-state index in [1.165, 1.54) is 0 Å². The number of rotatable bonds is 6. The lowest BCUT2D eigenvalue weighted by molar-refractivity contribution is 0.120. The molecule has 1 atom stereocenters. The Balaban J connectivity index is 1.69. The van der Waals surface area contributed by atoms with Gasteiger partial charge in [0.05, 0.1) is 18.2 Å². The summed E-state index contributed by atoms with van der Waals surface area (Å²) >= 11 is 6.15. The van der Waals surface area contributed by atoms with Crippen molar-refractivity contribution in [1.82, 2.24) is 9.97 Å². The molecule has 2 N–H and O–H groups in total. The van der Waals surface area contributed by atoms with Crippen LogP contribution >= 0.6 is 11.6 Å². The van der Waals surface area contributed by atoms with Gasteiger partial charge >= 0.3 is 0 Å². The molecule has 1 unspecified atom stereocenters. The molecule has 24 heavy (non-hydrogen) atoms. The maximum Gasteiger partial charge on any atom is 0.229 e. The van der Waals surface area contributed by atoms with E-state index in [2.05, 4.69) is 20.6 Å². The molecule has 1 saturated heterocycles. The lowest BCUT2D eigenvalue weighted by Gasteiger charge is -2.13. The molecular formula is C17H21ClN4O2. The fraction of sp³-hybridized carbons (Fsp3) is 0.412. The van der Waals surface area contributed by atoms with Crippen molar-refractivity contribution in [3.63, 3.8) is 0 Å². The molecule has 1 aliphatic heterocycles. The number of aryl methyl sites for hydroxylation is 1. The average molecular weight is 349 g/mol. The van der Waals surface area contributed by atoms with Gasteiger partial charge in [-0.2, -0.15) is 4.98 Å². The Morgan fingerprint density at radius 3 is 2.92 bits per heavy atom. The number of aromatic nitrogens is 2. The van der Waals surface area contributed by atoms with Crippen molar-refractivity contribution < 1.29 is 9.47 Å². The van der Waals surface area contributed by atoms with Crippen LogP contribution in [0.15, 0.2) is 24.3 Å². The second-order valence-electron chi connectivity index (χ2n) is 5.71. The van der Waals surface area contributed by atoms with E-state index in [4.69, 9.17) is 21.1 Å². The van der Waals surface area contributed by atoms with E-state index in [1.54, 1.807) is 19.2 Å². The highest BCUT2D eigenvalue weighted by Gasteiger charge is 2.15. The third-order valence-corrected chi connectivity index (χ3v) is 4.09. The van der Waals surface area contributed by atoms with Crippen LogP contribution in [0, 0.1) is 6.92 Å². The van der Waals surface area contributed by atoms with Gasteiger partial charge in [0.25, 0.3) is 0 Å². The van der Waals surface area contributed by atoms with E-state index in [0.29, 0.717) is 16.7 Å². The van der Waals surface area contributed by atoms with Gasteiger partial charge in [-0.25, -0.2) is 4.98 Å². The zero-order valence-corrected chi connectivity index (χ0v) is 14.6. The summed E-state index contributed by atoms with van der Waals surface area (Å²) in [6, 6.07) is 7.37. The van der Waals surface area contributed by atoms with Crippen LogP contribution in [0.3, 0.4) is 0 Å². The number of anilines is 3. The molecule has 1 aromatic carbocycles. The molecule has 0 saturated carbocycles. The predicted octanol–water partition coefficient (Wildman–Crippen LogP) is 3.78. The van der Waals surface area contributed by atoms with Crippen LogP contribution in [0.25, 0.3) is 0 Å². The molecule has 7 heteroatoms. The first-order chi connectivity index (χ1) is 11.6. The van der Waals surface area contributed by atoms with Crippen LogP contribution in [-0.2, 0) is 4.74 Å². The summed E-state index contributed by atoms with van der Waals surface area (Å²) in [6.45, 7) is 3.54. The van der Waals surface area contributed by atoms with Crippen molar-refractivity contribution in [2.75, 3.05) is 30.9 Å². The minimum absolute atomic E-state index is 0.261. The quantitative estimate of drug-likeness (QED) is 0.828. The highest BCUT2D eigenvalue weighted by atomic mass is 35.5. The Labute approximate surface area is 146 Å². The molecule has 0 spiro atoms. The lowest BCUT2D eigenvalue weighted by atomic mass is 10.2. The molecule has 0 bridgehead atoms. The highest BCUT2D eigenvalue weighted by molar-refractivity contribution is 6.32. The molecule has 0 amide bonds. The molecule has 128 valence electrons. The second kappa shape index (κ2) is 7.68. The number of nitrogens with zero attached hydrogens (tertiary/aromatic N) is 2. The van der Waals surface area contributed by atoms with Crippen molar-refractivity contribution in [3.8, 4) is 5.75 Å². The number of benzene rings is 1. The summed E-state index contributed by atoms with van der Waals surface area (Å²) in [6.07, 6.45) is 2.48. The van der Waals surface area contributed by atoms with Crippen LogP contribution < -0.4 is 15.4 Å². The van der Waals surface area contributed by atoms with Gasteiger partial charge in [0.1, 0.15) is 11.6 Å². The van der Waals surface area contributed by atoms with Crippen LogP contribution in [0.4, 0.5) is 17.5 Å². The summed E-state index contributed by atoms with van der Waals surface area (Å²) in [7, 11) is 1.59. The number of hydrogen-bond donors (Lipinski definition) is 2. The third-order valence-electron chi connectivity index (χ3n) is 3.80. The molecule has 6 nitrogen and oxygen atoms in total. The molecule has 2 aromatic rings. The van der Waals surface area contributed by atoms with Crippen LogP contribution in [0.5, 0.6) is 5.75 Å². The van der Waals surface area contributed by atoms with Crippen LogP contribution in [0.1, 0.15) is 18.5 Å². The van der Waals surface area contributed by atoms with Crippen molar-refractivity contribution in [2.45, 2.75) is 25.9 Å². The number of methoxy groups -OCH3 is 1. The van der Waals surface area contributed by atoms with Gasteiger partial charge in [0, 0.05) is 30.6 Å². The Morgan fingerprint density at radius 2 is 2.21 bits per heavy atom. The molecule has 2 heterocycles. The largest absolute Gasteiger partial charge is 0.495 e. The molecule has 3 rings (SSSR count). The number of hydrogen-bond acceptors (Lipinski definition) is 6. The van der Waals surface area contributed by atoms with Crippen molar-refractivity contribution in [3.05, 3.63) is 35.0 Å². The fourth-order valence-electron chi connectivity index (χ4n) is 2.61. The van der Waals surface area contributed by atoms with Gasteiger partial charge in [0.15, 0.2) is 0 Å². The average Bonchev–Trinajstić information content (AvgIpc) is 3.06. The van der Waals surface area contributed by atoms with E-state index in [0.717, 1.165) is 43.2 Å². The van der Waals surface area contributed by atoms with Gasteiger partial charge in [-0.15, -0.1) is 0 Å². The first kappa shape index (κ1) is 16.8. The van der Waals surface area contributed by atoms with Gasteiger partial charge in [-0.05, 0) is 38.0 Å². The minimum atomic E-state index is 0.261.